The first-order chi connectivity index (χ1) is 8.39. The summed E-state index contributed by atoms with van der Waals surface area (Å²) in [5, 5.41) is 10.1. The van der Waals surface area contributed by atoms with E-state index in [1.54, 1.807) is 13.0 Å². The summed E-state index contributed by atoms with van der Waals surface area (Å²) in [6.45, 7) is 3.00. The Morgan fingerprint density at radius 2 is 2.28 bits per heavy atom. The molecule has 2 heterocycles. The molecule has 1 aliphatic heterocycles. The summed E-state index contributed by atoms with van der Waals surface area (Å²) in [5.74, 6) is -0.0636. The molecule has 0 aromatic carbocycles. The van der Waals surface area contributed by atoms with Crippen LogP contribution in [0.15, 0.2) is 12.1 Å². The van der Waals surface area contributed by atoms with E-state index in [1.807, 2.05) is 4.90 Å². The second kappa shape index (κ2) is 4.45. The molecule has 0 spiro atoms. The molecule has 1 unspecified atom stereocenters. The zero-order chi connectivity index (χ0) is 13.3. The summed E-state index contributed by atoms with van der Waals surface area (Å²) in [4.78, 5) is 17.2. The fourth-order valence-corrected chi connectivity index (χ4v) is 2.25. The van der Waals surface area contributed by atoms with Crippen LogP contribution >= 0.6 is 0 Å². The van der Waals surface area contributed by atoms with Crippen LogP contribution in [-0.2, 0) is 0 Å². The minimum atomic E-state index is -0.755. The SMILES string of the molecule is CC1(O)CCCN(c2nc(C(N)=O)ccc2N)C1. The molecule has 98 valence electrons. The lowest BCUT2D eigenvalue weighted by Crippen LogP contribution is -2.46. The first kappa shape index (κ1) is 12.6. The third kappa shape index (κ3) is 2.53. The number of nitrogens with zero attached hydrogens (tertiary/aromatic N) is 2. The van der Waals surface area contributed by atoms with E-state index in [4.69, 9.17) is 11.5 Å². The van der Waals surface area contributed by atoms with E-state index in [9.17, 15) is 9.90 Å². The number of β-amino-alcohol motifs (C(OH)–C–C–N with tert-alkyl or cyclic N) is 1. The van der Waals surface area contributed by atoms with Crippen molar-refractivity contribution in [3.63, 3.8) is 0 Å². The second-order valence-electron chi connectivity index (χ2n) is 5.00. The number of hydrogen-bond acceptors (Lipinski definition) is 5. The number of aliphatic hydroxyl groups is 1. The Morgan fingerprint density at radius 3 is 2.89 bits per heavy atom. The van der Waals surface area contributed by atoms with Gasteiger partial charge in [-0.05, 0) is 31.9 Å². The zero-order valence-corrected chi connectivity index (χ0v) is 10.4. The molecule has 0 bridgehead atoms. The maximum absolute atomic E-state index is 11.1. The lowest BCUT2D eigenvalue weighted by molar-refractivity contribution is 0.0447. The smallest absolute Gasteiger partial charge is 0.267 e. The summed E-state index contributed by atoms with van der Waals surface area (Å²) in [5.41, 5.74) is 11.0. The first-order valence-electron chi connectivity index (χ1n) is 5.93. The van der Waals surface area contributed by atoms with Gasteiger partial charge in [-0.3, -0.25) is 4.79 Å². The van der Waals surface area contributed by atoms with Gasteiger partial charge in [0.15, 0.2) is 5.82 Å². The molecule has 1 aromatic heterocycles. The fraction of sp³-hybridized carbons (Fsp3) is 0.500. The van der Waals surface area contributed by atoms with Gasteiger partial charge in [0.25, 0.3) is 5.91 Å². The van der Waals surface area contributed by atoms with Gasteiger partial charge in [0.1, 0.15) is 5.69 Å². The maximum Gasteiger partial charge on any atom is 0.267 e. The normalized spacial score (nSPS) is 24.0. The minimum Gasteiger partial charge on any atom is -0.396 e. The molecular weight excluding hydrogens is 232 g/mol. The second-order valence-corrected chi connectivity index (χ2v) is 5.00. The molecular formula is C12H18N4O2. The van der Waals surface area contributed by atoms with Gasteiger partial charge >= 0.3 is 0 Å². The number of carbonyl (C=O) groups excluding carboxylic acids is 1. The quantitative estimate of drug-likeness (QED) is 0.691. The summed E-state index contributed by atoms with van der Waals surface area (Å²) in [6.07, 6.45) is 1.60. The number of piperidine rings is 1. The number of rotatable bonds is 2. The van der Waals surface area contributed by atoms with Crippen LogP contribution in [0.25, 0.3) is 0 Å². The minimum absolute atomic E-state index is 0.185. The molecule has 0 radical (unpaired) electrons. The van der Waals surface area contributed by atoms with Crippen molar-refractivity contribution in [2.24, 2.45) is 5.73 Å². The molecule has 1 aliphatic rings. The standard InChI is InChI=1S/C12H18N4O2/c1-12(18)5-2-6-16(7-12)11-8(13)3-4-9(15-11)10(14)17/h3-4,18H,2,5-7,13H2,1H3,(H2,14,17). The Balaban J connectivity index is 2.32. The highest BCUT2D eigenvalue weighted by molar-refractivity contribution is 5.91. The van der Waals surface area contributed by atoms with Crippen molar-refractivity contribution in [1.82, 2.24) is 4.98 Å². The van der Waals surface area contributed by atoms with Crippen LogP contribution < -0.4 is 16.4 Å². The van der Waals surface area contributed by atoms with E-state index in [-0.39, 0.29) is 5.69 Å². The fourth-order valence-electron chi connectivity index (χ4n) is 2.25. The zero-order valence-electron chi connectivity index (χ0n) is 10.4. The lowest BCUT2D eigenvalue weighted by atomic mass is 9.95. The van der Waals surface area contributed by atoms with Crippen LogP contribution in [0.4, 0.5) is 11.5 Å². The Morgan fingerprint density at radius 1 is 1.56 bits per heavy atom. The molecule has 0 aliphatic carbocycles. The predicted molar refractivity (Wildman–Crippen MR) is 69.2 cm³/mol. The number of nitrogen functional groups attached to an aromatic ring is 1. The van der Waals surface area contributed by atoms with Crippen molar-refractivity contribution in [1.29, 1.82) is 0 Å². The van der Waals surface area contributed by atoms with Gasteiger partial charge in [0, 0.05) is 13.1 Å². The Kier molecular flexibility index (Phi) is 3.13. The Labute approximate surface area is 106 Å². The van der Waals surface area contributed by atoms with Crippen LogP contribution in [-0.4, -0.2) is 34.7 Å². The van der Waals surface area contributed by atoms with Gasteiger partial charge in [-0.15, -0.1) is 0 Å². The number of amides is 1. The van der Waals surface area contributed by atoms with E-state index in [2.05, 4.69) is 4.98 Å². The molecule has 1 aromatic rings. The number of aromatic nitrogens is 1. The summed E-state index contributed by atoms with van der Waals surface area (Å²) < 4.78 is 0. The van der Waals surface area contributed by atoms with Crippen LogP contribution in [0.2, 0.25) is 0 Å². The number of primary amides is 1. The highest BCUT2D eigenvalue weighted by Crippen LogP contribution is 2.28. The molecule has 1 atom stereocenters. The maximum atomic E-state index is 11.1. The third-order valence-electron chi connectivity index (χ3n) is 3.13. The van der Waals surface area contributed by atoms with Gasteiger partial charge in [-0.25, -0.2) is 4.98 Å². The molecule has 6 heteroatoms. The number of hydrogen-bond donors (Lipinski definition) is 3. The van der Waals surface area contributed by atoms with Gasteiger partial charge in [0.2, 0.25) is 0 Å². The van der Waals surface area contributed by atoms with Gasteiger partial charge in [0.05, 0.1) is 11.3 Å². The van der Waals surface area contributed by atoms with Crippen molar-refractivity contribution in [2.75, 3.05) is 23.7 Å². The van der Waals surface area contributed by atoms with Crippen molar-refractivity contribution < 1.29 is 9.90 Å². The molecule has 18 heavy (non-hydrogen) atoms. The van der Waals surface area contributed by atoms with Gasteiger partial charge < -0.3 is 21.5 Å². The summed E-state index contributed by atoms with van der Waals surface area (Å²) in [7, 11) is 0. The van der Waals surface area contributed by atoms with Crippen molar-refractivity contribution >= 4 is 17.4 Å². The first-order valence-corrected chi connectivity index (χ1v) is 5.93. The monoisotopic (exact) mass is 250 g/mol. The molecule has 1 amide bonds. The molecule has 1 fully saturated rings. The molecule has 0 saturated carbocycles. The molecule has 2 rings (SSSR count). The molecule has 5 N–H and O–H groups in total. The predicted octanol–water partition coefficient (Wildman–Crippen LogP) is 0.114. The van der Waals surface area contributed by atoms with Crippen molar-refractivity contribution in [3.05, 3.63) is 17.8 Å². The Bertz CT molecular complexity index is 473. The highest BCUT2D eigenvalue weighted by atomic mass is 16.3. The average molecular weight is 250 g/mol. The van der Waals surface area contributed by atoms with E-state index < -0.39 is 11.5 Å². The van der Waals surface area contributed by atoms with Gasteiger partial charge in [-0.1, -0.05) is 0 Å². The van der Waals surface area contributed by atoms with Crippen LogP contribution in [0.1, 0.15) is 30.3 Å². The number of pyridine rings is 1. The Hall–Kier alpha value is -1.82. The molecule has 6 nitrogen and oxygen atoms in total. The molecule has 1 saturated heterocycles. The largest absolute Gasteiger partial charge is 0.396 e. The average Bonchev–Trinajstić information content (AvgIpc) is 2.27. The van der Waals surface area contributed by atoms with Crippen molar-refractivity contribution in [3.8, 4) is 0 Å². The van der Waals surface area contributed by atoms with Gasteiger partial charge in [-0.2, -0.15) is 0 Å². The van der Waals surface area contributed by atoms with Crippen LogP contribution in [0, 0.1) is 0 Å². The van der Waals surface area contributed by atoms with E-state index >= 15 is 0 Å². The van der Waals surface area contributed by atoms with Crippen LogP contribution in [0.5, 0.6) is 0 Å². The summed E-state index contributed by atoms with van der Waals surface area (Å²) in [6, 6.07) is 3.12. The van der Waals surface area contributed by atoms with Crippen LogP contribution in [0.3, 0.4) is 0 Å². The van der Waals surface area contributed by atoms with Crippen molar-refractivity contribution in [2.45, 2.75) is 25.4 Å². The van der Waals surface area contributed by atoms with E-state index in [0.29, 0.717) is 18.1 Å². The summed E-state index contributed by atoms with van der Waals surface area (Å²) >= 11 is 0. The van der Waals surface area contributed by atoms with E-state index in [0.717, 1.165) is 19.4 Å². The van der Waals surface area contributed by atoms with E-state index in [1.165, 1.54) is 6.07 Å². The number of nitrogens with two attached hydrogens (primary N) is 2. The highest BCUT2D eigenvalue weighted by Gasteiger charge is 2.30. The number of anilines is 2. The lowest BCUT2D eigenvalue weighted by Gasteiger charge is -2.38. The number of carbonyl (C=O) groups is 1. The third-order valence-corrected chi connectivity index (χ3v) is 3.13. The topological polar surface area (TPSA) is 105 Å².